The van der Waals surface area contributed by atoms with Gasteiger partial charge in [-0.25, -0.2) is 8.42 Å². The van der Waals surface area contributed by atoms with Gasteiger partial charge in [0.15, 0.2) is 15.6 Å². The Bertz CT molecular complexity index is 561. The molecule has 0 amide bonds. The molecule has 7 heteroatoms. The van der Waals surface area contributed by atoms with Gasteiger partial charge in [-0.05, 0) is 34.7 Å². The van der Waals surface area contributed by atoms with Gasteiger partial charge in [0.25, 0.3) is 0 Å². The van der Waals surface area contributed by atoms with Crippen LogP contribution in [-0.4, -0.2) is 43.4 Å². The molecule has 0 saturated heterocycles. The summed E-state index contributed by atoms with van der Waals surface area (Å²) in [5.74, 6) is 0.592. The van der Waals surface area contributed by atoms with Crippen molar-refractivity contribution < 1.29 is 13.2 Å². The highest BCUT2D eigenvalue weighted by Gasteiger charge is 2.42. The van der Waals surface area contributed by atoms with Gasteiger partial charge < -0.3 is 10.1 Å². The summed E-state index contributed by atoms with van der Waals surface area (Å²) in [6.45, 7) is 7.41. The van der Waals surface area contributed by atoms with Crippen LogP contribution in [0.2, 0.25) is 0 Å². The van der Waals surface area contributed by atoms with Gasteiger partial charge in [0.1, 0.15) is 0 Å². The third-order valence-corrected chi connectivity index (χ3v) is 5.87. The second-order valence-corrected chi connectivity index (χ2v) is 8.33. The lowest BCUT2D eigenvalue weighted by molar-refractivity contribution is 0.363. The van der Waals surface area contributed by atoms with Crippen molar-refractivity contribution in [3.8, 4) is 5.75 Å². The molecule has 1 rings (SSSR count). The van der Waals surface area contributed by atoms with Crippen LogP contribution in [0.15, 0.2) is 6.20 Å². The molecule has 0 aliphatic rings. The van der Waals surface area contributed by atoms with E-state index in [2.05, 4.69) is 10.4 Å². The molecule has 0 spiro atoms. The van der Waals surface area contributed by atoms with Gasteiger partial charge in [-0.2, -0.15) is 5.10 Å². The van der Waals surface area contributed by atoms with Gasteiger partial charge in [-0.15, -0.1) is 0 Å². The van der Waals surface area contributed by atoms with E-state index in [-0.39, 0.29) is 6.04 Å². The van der Waals surface area contributed by atoms with Crippen molar-refractivity contribution in [3.63, 3.8) is 0 Å². The highest BCUT2D eigenvalue weighted by atomic mass is 32.2. The number of sulfone groups is 1. The van der Waals surface area contributed by atoms with Gasteiger partial charge in [-0.1, -0.05) is 0 Å². The van der Waals surface area contributed by atoms with Crippen LogP contribution in [0.25, 0.3) is 0 Å². The third kappa shape index (κ3) is 2.83. The molecular formula is C13H25N3O3S. The maximum Gasteiger partial charge on any atom is 0.161 e. The van der Waals surface area contributed by atoms with Crippen molar-refractivity contribution in [2.24, 2.45) is 0 Å². The van der Waals surface area contributed by atoms with Gasteiger partial charge in [-0.3, -0.25) is 4.68 Å². The monoisotopic (exact) mass is 303 g/mol. The van der Waals surface area contributed by atoms with Crippen molar-refractivity contribution in [1.29, 1.82) is 0 Å². The summed E-state index contributed by atoms with van der Waals surface area (Å²) in [6.07, 6.45) is 2.87. The zero-order chi connectivity index (χ0) is 15.7. The number of rotatable bonds is 6. The first kappa shape index (κ1) is 17.0. The van der Waals surface area contributed by atoms with Crippen LogP contribution >= 0.6 is 0 Å². The first-order valence-electron chi connectivity index (χ1n) is 6.56. The Morgan fingerprint density at radius 3 is 2.30 bits per heavy atom. The van der Waals surface area contributed by atoms with E-state index in [1.165, 1.54) is 6.26 Å². The lowest BCUT2D eigenvalue weighted by Gasteiger charge is -2.33. The Balaban J connectivity index is 3.50. The smallest absolute Gasteiger partial charge is 0.161 e. The fourth-order valence-corrected chi connectivity index (χ4v) is 2.88. The summed E-state index contributed by atoms with van der Waals surface area (Å²) in [7, 11) is 0.0393. The van der Waals surface area contributed by atoms with E-state index >= 15 is 0 Å². The average molecular weight is 303 g/mol. The number of hydrogen-bond donors (Lipinski definition) is 1. The van der Waals surface area contributed by atoms with Gasteiger partial charge >= 0.3 is 0 Å². The minimum Gasteiger partial charge on any atom is -0.493 e. The van der Waals surface area contributed by atoms with E-state index in [1.54, 1.807) is 38.9 Å². The number of nitrogens with one attached hydrogen (secondary N) is 1. The zero-order valence-corrected chi connectivity index (χ0v) is 14.1. The highest BCUT2D eigenvalue weighted by Crippen LogP contribution is 2.37. The Hall–Kier alpha value is -1.08. The Labute approximate surface area is 121 Å². The second kappa shape index (κ2) is 5.73. The Kier molecular flexibility index (Phi) is 4.86. The lowest BCUT2D eigenvalue weighted by Crippen LogP contribution is -2.45. The zero-order valence-electron chi connectivity index (χ0n) is 13.3. The van der Waals surface area contributed by atoms with E-state index in [1.807, 2.05) is 13.8 Å². The summed E-state index contributed by atoms with van der Waals surface area (Å²) in [6, 6.07) is -0.308. The summed E-state index contributed by atoms with van der Waals surface area (Å²) < 4.78 is 30.4. The Morgan fingerprint density at radius 1 is 1.40 bits per heavy atom. The minimum absolute atomic E-state index is 0.111. The minimum atomic E-state index is -3.27. The predicted molar refractivity (Wildman–Crippen MR) is 79.9 cm³/mol. The molecule has 0 fully saturated rings. The number of ether oxygens (including phenoxy) is 1. The van der Waals surface area contributed by atoms with E-state index in [4.69, 9.17) is 4.74 Å². The van der Waals surface area contributed by atoms with Crippen molar-refractivity contribution in [1.82, 2.24) is 15.1 Å². The predicted octanol–water partition coefficient (Wildman–Crippen LogP) is 1.56. The van der Waals surface area contributed by atoms with Crippen LogP contribution in [-0.2, 0) is 9.84 Å². The van der Waals surface area contributed by atoms with Crippen molar-refractivity contribution in [2.75, 3.05) is 20.4 Å². The summed E-state index contributed by atoms with van der Waals surface area (Å²) in [5, 5.41) is 7.41. The van der Waals surface area contributed by atoms with E-state index in [9.17, 15) is 8.42 Å². The van der Waals surface area contributed by atoms with Crippen LogP contribution in [0.3, 0.4) is 0 Å². The van der Waals surface area contributed by atoms with E-state index in [0.29, 0.717) is 5.75 Å². The molecule has 0 saturated carbocycles. The normalized spacial score (nSPS) is 14.6. The Morgan fingerprint density at radius 2 is 1.95 bits per heavy atom. The molecule has 0 aromatic carbocycles. The second-order valence-electron chi connectivity index (χ2n) is 5.73. The molecule has 1 aromatic heterocycles. The molecule has 1 heterocycles. The summed E-state index contributed by atoms with van der Waals surface area (Å²) in [4.78, 5) is 0. The summed E-state index contributed by atoms with van der Waals surface area (Å²) in [5.41, 5.74) is 0.750. The van der Waals surface area contributed by atoms with Crippen LogP contribution in [0.4, 0.5) is 0 Å². The van der Waals surface area contributed by atoms with Crippen LogP contribution in [0.1, 0.15) is 45.5 Å². The molecule has 1 unspecified atom stereocenters. The van der Waals surface area contributed by atoms with Gasteiger partial charge in [0.2, 0.25) is 0 Å². The first-order valence-corrected chi connectivity index (χ1v) is 8.45. The first-order chi connectivity index (χ1) is 9.07. The average Bonchev–Trinajstić information content (AvgIpc) is 2.72. The maximum absolute atomic E-state index is 12.1. The quantitative estimate of drug-likeness (QED) is 0.863. The summed E-state index contributed by atoms with van der Waals surface area (Å²) >= 11 is 0. The van der Waals surface area contributed by atoms with Crippen molar-refractivity contribution in [2.45, 2.75) is 44.5 Å². The number of hydrogen-bond acceptors (Lipinski definition) is 5. The van der Waals surface area contributed by atoms with Crippen molar-refractivity contribution in [3.05, 3.63) is 11.9 Å². The topological polar surface area (TPSA) is 73.2 Å². The van der Waals surface area contributed by atoms with E-state index in [0.717, 1.165) is 5.69 Å². The lowest BCUT2D eigenvalue weighted by atomic mass is 9.99. The van der Waals surface area contributed by atoms with Crippen LogP contribution in [0, 0.1) is 0 Å². The van der Waals surface area contributed by atoms with Crippen LogP contribution in [0.5, 0.6) is 5.75 Å². The standard InChI is InChI=1S/C13H25N3O3S/c1-9(2)16-11(10(19-6)8-15-16)12(14-5)13(3,4)20(7,17)18/h8-9,12,14H,1-7H3. The molecule has 0 aliphatic carbocycles. The number of methoxy groups -OCH3 is 1. The number of aromatic nitrogens is 2. The number of nitrogens with zero attached hydrogens (tertiary/aromatic N) is 2. The highest BCUT2D eigenvalue weighted by molar-refractivity contribution is 7.92. The van der Waals surface area contributed by atoms with E-state index < -0.39 is 20.6 Å². The SMILES string of the molecule is CNC(c1c(OC)cnn1C(C)C)C(C)(C)S(C)(=O)=O. The fraction of sp³-hybridized carbons (Fsp3) is 0.769. The molecule has 1 atom stereocenters. The molecule has 0 radical (unpaired) electrons. The molecule has 20 heavy (non-hydrogen) atoms. The fourth-order valence-electron chi connectivity index (χ4n) is 2.23. The molecule has 0 aliphatic heterocycles. The molecule has 116 valence electrons. The van der Waals surface area contributed by atoms with Gasteiger partial charge in [0, 0.05) is 12.3 Å². The molecule has 6 nitrogen and oxygen atoms in total. The third-order valence-electron chi connectivity index (χ3n) is 3.72. The van der Waals surface area contributed by atoms with Crippen molar-refractivity contribution >= 4 is 9.84 Å². The molecule has 0 bridgehead atoms. The maximum atomic E-state index is 12.1. The molecular weight excluding hydrogens is 278 g/mol. The van der Waals surface area contributed by atoms with Gasteiger partial charge in [0.05, 0.1) is 29.8 Å². The molecule has 1 N–H and O–H groups in total. The van der Waals surface area contributed by atoms with Crippen LogP contribution < -0.4 is 10.1 Å². The molecule has 1 aromatic rings. The largest absolute Gasteiger partial charge is 0.493 e.